The lowest BCUT2D eigenvalue weighted by Crippen LogP contribution is -2.16. The Morgan fingerprint density at radius 2 is 2.00 bits per heavy atom. The smallest absolute Gasteiger partial charge is 0.205 e. The monoisotopic (exact) mass is 475 g/mol. The average molecular weight is 476 g/mol. The Morgan fingerprint density at radius 1 is 1.12 bits per heavy atom. The first kappa shape index (κ1) is 21.1. The minimum Gasteiger partial charge on any atom is -0.440 e. The number of aromatic nitrogens is 5. The maximum atomic E-state index is 13.2. The fourth-order valence-electron chi connectivity index (χ4n) is 4.26. The van der Waals surface area contributed by atoms with Crippen molar-refractivity contribution in [2.75, 3.05) is 6.61 Å². The van der Waals surface area contributed by atoms with Crippen LogP contribution in [0.4, 0.5) is 4.39 Å². The molecule has 6 rings (SSSR count). The second kappa shape index (κ2) is 9.08. The van der Waals surface area contributed by atoms with Gasteiger partial charge in [0, 0.05) is 34.8 Å². The molecule has 2 aromatic carbocycles. The Kier molecular flexibility index (Phi) is 5.64. The molecule has 1 atom stereocenters. The summed E-state index contributed by atoms with van der Waals surface area (Å²) in [5.74, 6) is 2.21. The third-order valence-corrected chi connectivity index (χ3v) is 6.92. The van der Waals surface area contributed by atoms with Gasteiger partial charge in [0.25, 0.3) is 0 Å². The molecule has 172 valence electrons. The van der Waals surface area contributed by atoms with Crippen molar-refractivity contribution in [2.45, 2.75) is 36.4 Å². The molecule has 0 aliphatic carbocycles. The summed E-state index contributed by atoms with van der Waals surface area (Å²) < 4.78 is 27.2. The molecule has 0 bridgehead atoms. The molecule has 34 heavy (non-hydrogen) atoms. The van der Waals surface area contributed by atoms with Gasteiger partial charge in [0.15, 0.2) is 16.7 Å². The van der Waals surface area contributed by atoms with Crippen molar-refractivity contribution in [3.8, 4) is 22.7 Å². The highest BCUT2D eigenvalue weighted by Gasteiger charge is 2.23. The number of nitrogens with one attached hydrogen (secondary N) is 1. The third kappa shape index (κ3) is 4.12. The van der Waals surface area contributed by atoms with Crippen LogP contribution in [-0.2, 0) is 17.0 Å². The van der Waals surface area contributed by atoms with Crippen LogP contribution < -0.4 is 0 Å². The number of hydrogen-bond acceptors (Lipinski definition) is 6. The zero-order valence-electron chi connectivity index (χ0n) is 18.3. The predicted molar refractivity (Wildman–Crippen MR) is 128 cm³/mol. The lowest BCUT2D eigenvalue weighted by atomic mass is 10.1. The molecule has 4 heterocycles. The molecule has 0 saturated carbocycles. The van der Waals surface area contributed by atoms with E-state index in [1.807, 2.05) is 18.3 Å². The van der Waals surface area contributed by atoms with E-state index in [0.29, 0.717) is 23.9 Å². The SMILES string of the molecule is Fc1ccc(-c2cnc(CSc3nnc(-c4c[nH]c5ccccc45)n3CC3CCCO3)o2)cc1. The van der Waals surface area contributed by atoms with Gasteiger partial charge in [-0.05, 0) is 43.2 Å². The highest BCUT2D eigenvalue weighted by molar-refractivity contribution is 7.98. The molecular formula is C25H22FN5O2S. The van der Waals surface area contributed by atoms with Crippen LogP contribution in [0, 0.1) is 5.82 Å². The molecular weight excluding hydrogens is 453 g/mol. The summed E-state index contributed by atoms with van der Waals surface area (Å²) in [5.41, 5.74) is 2.86. The molecule has 0 amide bonds. The lowest BCUT2D eigenvalue weighted by molar-refractivity contribution is 0.0953. The normalized spacial score (nSPS) is 16.0. The summed E-state index contributed by atoms with van der Waals surface area (Å²) in [6.07, 6.45) is 5.89. The van der Waals surface area contributed by atoms with E-state index in [0.717, 1.165) is 52.5 Å². The van der Waals surface area contributed by atoms with Crippen molar-refractivity contribution < 1.29 is 13.5 Å². The van der Waals surface area contributed by atoms with Crippen molar-refractivity contribution in [3.63, 3.8) is 0 Å². The van der Waals surface area contributed by atoms with Crippen LogP contribution in [0.3, 0.4) is 0 Å². The molecule has 5 aromatic rings. The van der Waals surface area contributed by atoms with Gasteiger partial charge in [-0.15, -0.1) is 10.2 Å². The van der Waals surface area contributed by atoms with Gasteiger partial charge in [-0.2, -0.15) is 0 Å². The number of ether oxygens (including phenoxy) is 1. The van der Waals surface area contributed by atoms with E-state index < -0.39 is 0 Å². The number of thioether (sulfide) groups is 1. The zero-order chi connectivity index (χ0) is 22.9. The number of H-pyrrole nitrogens is 1. The number of nitrogens with zero attached hydrogens (tertiary/aromatic N) is 4. The maximum Gasteiger partial charge on any atom is 0.205 e. The molecule has 9 heteroatoms. The van der Waals surface area contributed by atoms with Crippen LogP contribution in [0.15, 0.2) is 70.5 Å². The lowest BCUT2D eigenvalue weighted by Gasteiger charge is -2.14. The number of fused-ring (bicyclic) bond motifs is 1. The topological polar surface area (TPSA) is 81.8 Å². The summed E-state index contributed by atoms with van der Waals surface area (Å²) in [5, 5.41) is 11.0. The van der Waals surface area contributed by atoms with E-state index in [-0.39, 0.29) is 11.9 Å². The quantitative estimate of drug-likeness (QED) is 0.305. The van der Waals surface area contributed by atoms with Gasteiger partial charge in [-0.3, -0.25) is 4.57 Å². The number of oxazole rings is 1. The molecule has 0 spiro atoms. The van der Waals surface area contributed by atoms with Gasteiger partial charge in [-0.25, -0.2) is 9.37 Å². The second-order valence-electron chi connectivity index (χ2n) is 8.21. The molecule has 1 N–H and O–H groups in total. The first-order chi connectivity index (χ1) is 16.7. The molecule has 1 aliphatic rings. The van der Waals surface area contributed by atoms with Crippen LogP contribution in [0.1, 0.15) is 18.7 Å². The van der Waals surface area contributed by atoms with Crippen LogP contribution >= 0.6 is 11.8 Å². The van der Waals surface area contributed by atoms with Crippen LogP contribution in [0.5, 0.6) is 0 Å². The van der Waals surface area contributed by atoms with E-state index in [9.17, 15) is 4.39 Å². The molecule has 0 radical (unpaired) electrons. The van der Waals surface area contributed by atoms with Crippen molar-refractivity contribution in [1.29, 1.82) is 0 Å². The highest BCUT2D eigenvalue weighted by Crippen LogP contribution is 2.32. The zero-order valence-corrected chi connectivity index (χ0v) is 19.1. The van der Waals surface area contributed by atoms with Gasteiger partial charge in [-0.1, -0.05) is 30.0 Å². The fourth-order valence-corrected chi connectivity index (χ4v) is 5.06. The van der Waals surface area contributed by atoms with E-state index in [4.69, 9.17) is 9.15 Å². The highest BCUT2D eigenvalue weighted by atomic mass is 32.2. The number of aromatic amines is 1. The van der Waals surface area contributed by atoms with Crippen molar-refractivity contribution in [2.24, 2.45) is 0 Å². The Balaban J connectivity index is 1.27. The summed E-state index contributed by atoms with van der Waals surface area (Å²) in [4.78, 5) is 7.72. The van der Waals surface area contributed by atoms with Gasteiger partial charge >= 0.3 is 0 Å². The van der Waals surface area contributed by atoms with E-state index in [1.54, 1.807) is 18.3 Å². The fraction of sp³-hybridized carbons (Fsp3) is 0.240. The largest absolute Gasteiger partial charge is 0.440 e. The molecule has 1 saturated heterocycles. The molecule has 3 aromatic heterocycles. The summed E-state index contributed by atoms with van der Waals surface area (Å²) >= 11 is 1.53. The van der Waals surface area contributed by atoms with Gasteiger partial charge in [0.1, 0.15) is 5.82 Å². The average Bonchev–Trinajstić information content (AvgIpc) is 3.66. The first-order valence-electron chi connectivity index (χ1n) is 11.2. The number of rotatable bonds is 7. The van der Waals surface area contributed by atoms with Crippen LogP contribution in [0.25, 0.3) is 33.6 Å². The number of halogens is 1. The molecule has 7 nitrogen and oxygen atoms in total. The van der Waals surface area contributed by atoms with Gasteiger partial charge in [0.05, 0.1) is 24.6 Å². The molecule has 1 fully saturated rings. The molecule has 1 unspecified atom stereocenters. The third-order valence-electron chi connectivity index (χ3n) is 5.96. The van der Waals surface area contributed by atoms with Crippen molar-refractivity contribution in [3.05, 3.63) is 72.6 Å². The second-order valence-corrected chi connectivity index (χ2v) is 9.16. The van der Waals surface area contributed by atoms with Gasteiger partial charge < -0.3 is 14.1 Å². The Morgan fingerprint density at radius 3 is 2.85 bits per heavy atom. The van der Waals surface area contributed by atoms with E-state index >= 15 is 0 Å². The van der Waals surface area contributed by atoms with Gasteiger partial charge in [0.2, 0.25) is 5.89 Å². The van der Waals surface area contributed by atoms with Crippen molar-refractivity contribution in [1.82, 2.24) is 24.7 Å². The minimum atomic E-state index is -0.282. The van der Waals surface area contributed by atoms with Crippen molar-refractivity contribution >= 4 is 22.7 Å². The predicted octanol–water partition coefficient (Wildman–Crippen LogP) is 5.69. The van der Waals surface area contributed by atoms with E-state index in [2.05, 4.69) is 36.9 Å². The maximum absolute atomic E-state index is 13.2. The number of hydrogen-bond donors (Lipinski definition) is 1. The minimum absolute atomic E-state index is 0.145. The summed E-state index contributed by atoms with van der Waals surface area (Å²) in [6.45, 7) is 1.48. The number of benzene rings is 2. The summed E-state index contributed by atoms with van der Waals surface area (Å²) in [6, 6.07) is 14.4. The van der Waals surface area contributed by atoms with E-state index in [1.165, 1.54) is 23.9 Å². The van der Waals surface area contributed by atoms with Crippen LogP contribution in [0.2, 0.25) is 0 Å². The Labute approximate surface area is 199 Å². The molecule has 1 aliphatic heterocycles. The Bertz CT molecular complexity index is 1420. The number of para-hydroxylation sites is 1. The standard InChI is InChI=1S/C25H22FN5O2S/c26-17-9-7-16(8-10-17)22-13-28-23(33-22)15-34-25-30-29-24(31(25)14-18-4-3-11-32-18)20-12-27-21-6-2-1-5-19(20)21/h1-2,5-10,12-13,18,27H,3-4,11,14-15H2. The van der Waals surface area contributed by atoms with Crippen LogP contribution in [-0.4, -0.2) is 37.4 Å². The summed E-state index contributed by atoms with van der Waals surface area (Å²) in [7, 11) is 0. The first-order valence-corrected chi connectivity index (χ1v) is 12.2. The Hall–Kier alpha value is -3.43.